The molecule has 11 heteroatoms. The molecule has 1 amide bonds. The number of rotatable bonds is 17. The van der Waals surface area contributed by atoms with Crippen molar-refractivity contribution in [3.05, 3.63) is 52.7 Å². The first-order valence-corrected chi connectivity index (χ1v) is 14.0. The molecule has 10 nitrogen and oxygen atoms in total. The number of carbonyl (C=O) groups is 2. The highest BCUT2D eigenvalue weighted by atomic mass is 19.1. The number of anilines is 1. The van der Waals surface area contributed by atoms with Crippen molar-refractivity contribution in [3.8, 4) is 11.8 Å². The average Bonchev–Trinajstić information content (AvgIpc) is 2.99. The van der Waals surface area contributed by atoms with Crippen LogP contribution >= 0.6 is 0 Å². The van der Waals surface area contributed by atoms with Crippen molar-refractivity contribution in [1.29, 1.82) is 5.26 Å². The van der Waals surface area contributed by atoms with E-state index in [1.165, 1.54) is 19.8 Å². The van der Waals surface area contributed by atoms with Gasteiger partial charge < -0.3 is 30.1 Å². The minimum Gasteiger partial charge on any atom is -0.496 e. The van der Waals surface area contributed by atoms with E-state index < -0.39 is 30.7 Å². The molecule has 0 unspecified atom stereocenters. The number of nitrogens with zero attached hydrogens (tertiary/aromatic N) is 3. The van der Waals surface area contributed by atoms with Gasteiger partial charge in [0.2, 0.25) is 5.91 Å². The molecule has 2 aromatic rings. The minimum absolute atomic E-state index is 0.124. The molecule has 2 heterocycles. The average molecular weight is 570 g/mol. The van der Waals surface area contributed by atoms with Gasteiger partial charge in [-0.25, -0.2) is 14.2 Å². The van der Waals surface area contributed by atoms with Crippen LogP contribution in [0.25, 0.3) is 0 Å². The fraction of sp³-hybridized carbons (Fsp3) is 0.533. The zero-order valence-corrected chi connectivity index (χ0v) is 23.8. The molecule has 1 aliphatic heterocycles. The van der Waals surface area contributed by atoms with Crippen molar-refractivity contribution in [1.82, 2.24) is 15.2 Å². The number of unbranched alkanes of at least 4 members (excludes halogenated alkanes) is 1. The van der Waals surface area contributed by atoms with Crippen molar-refractivity contribution in [2.45, 2.75) is 57.1 Å². The fourth-order valence-electron chi connectivity index (χ4n) is 4.94. The predicted molar refractivity (Wildman–Crippen MR) is 153 cm³/mol. The number of nitriles is 1. The van der Waals surface area contributed by atoms with E-state index >= 15 is 0 Å². The summed E-state index contributed by atoms with van der Waals surface area (Å²) < 4.78 is 23.9. The molecule has 0 fully saturated rings. The highest BCUT2D eigenvalue weighted by Gasteiger charge is 2.24. The van der Waals surface area contributed by atoms with E-state index in [0.717, 1.165) is 50.2 Å². The van der Waals surface area contributed by atoms with Gasteiger partial charge in [-0.05, 0) is 68.8 Å². The lowest BCUT2D eigenvalue weighted by Gasteiger charge is -2.27. The Balaban J connectivity index is 1.56. The molecule has 0 saturated carbocycles. The maximum atomic E-state index is 13.4. The van der Waals surface area contributed by atoms with Gasteiger partial charge in [0.05, 0.1) is 31.3 Å². The van der Waals surface area contributed by atoms with E-state index in [2.05, 4.69) is 22.8 Å². The maximum absolute atomic E-state index is 13.4. The highest BCUT2D eigenvalue weighted by molar-refractivity contribution is 5.85. The van der Waals surface area contributed by atoms with Crippen LogP contribution in [0.15, 0.2) is 30.3 Å². The summed E-state index contributed by atoms with van der Waals surface area (Å²) in [4.78, 5) is 31.5. The number of hydrogen-bond donors (Lipinski definition) is 3. The summed E-state index contributed by atoms with van der Waals surface area (Å²) in [5.41, 5.74) is 2.95. The number of carboxylic acids is 1. The van der Waals surface area contributed by atoms with Crippen molar-refractivity contribution >= 4 is 17.7 Å². The quantitative estimate of drug-likeness (QED) is 0.245. The molecule has 0 aliphatic carbocycles. The van der Waals surface area contributed by atoms with E-state index in [1.807, 2.05) is 11.0 Å². The van der Waals surface area contributed by atoms with Gasteiger partial charge in [-0.3, -0.25) is 4.79 Å². The standard InChI is InChI=1S/C30H40FN5O5/c1-40-24(18-31)20-36(15-4-3-9-23-12-11-21-8-6-14-33-29(21)34-23)16-13-26(30(38)39)35-28(37)17-25-22(19-32)7-5-10-27(25)41-2/h5,7,10-12,24,26H,3-4,6,8-9,13-18,20H2,1-2H3,(H,33,34)(H,35,37)(H,38,39)/t24-,26+/m1/s1. The number of aryl methyl sites for hydroxylation is 2. The van der Waals surface area contributed by atoms with E-state index in [4.69, 9.17) is 14.5 Å². The molecule has 0 spiro atoms. The van der Waals surface area contributed by atoms with E-state index in [1.54, 1.807) is 18.2 Å². The highest BCUT2D eigenvalue weighted by Crippen LogP contribution is 2.23. The summed E-state index contributed by atoms with van der Waals surface area (Å²) in [6.07, 6.45) is 3.94. The Morgan fingerprint density at radius 1 is 1.24 bits per heavy atom. The largest absolute Gasteiger partial charge is 0.496 e. The third-order valence-corrected chi connectivity index (χ3v) is 7.25. The molecular formula is C30H40FN5O5. The first-order valence-electron chi connectivity index (χ1n) is 14.0. The molecule has 222 valence electrons. The number of aromatic nitrogens is 1. The number of methoxy groups -OCH3 is 2. The molecular weight excluding hydrogens is 529 g/mol. The van der Waals surface area contributed by atoms with Crippen LogP contribution in [0.5, 0.6) is 5.75 Å². The Morgan fingerprint density at radius 3 is 2.78 bits per heavy atom. The SMILES string of the molecule is COc1cccc(C#N)c1CC(=O)N[C@@H](CCN(CCCCc1ccc2c(n1)NCCC2)C[C@@H](CF)OC)C(=O)O. The maximum Gasteiger partial charge on any atom is 0.326 e. The number of nitrogens with one attached hydrogen (secondary N) is 2. The third-order valence-electron chi connectivity index (χ3n) is 7.25. The van der Waals surface area contributed by atoms with Crippen molar-refractivity contribution in [2.24, 2.45) is 0 Å². The fourth-order valence-corrected chi connectivity index (χ4v) is 4.94. The molecule has 3 rings (SSSR count). The Morgan fingerprint density at radius 2 is 2.07 bits per heavy atom. The van der Waals surface area contributed by atoms with Crippen LogP contribution in [0.3, 0.4) is 0 Å². The van der Waals surface area contributed by atoms with Gasteiger partial charge in [0, 0.05) is 38.0 Å². The predicted octanol–water partition coefficient (Wildman–Crippen LogP) is 3.13. The van der Waals surface area contributed by atoms with Gasteiger partial charge in [0.25, 0.3) is 0 Å². The van der Waals surface area contributed by atoms with Crippen LogP contribution in [0.4, 0.5) is 10.2 Å². The van der Waals surface area contributed by atoms with Gasteiger partial charge in [-0.1, -0.05) is 12.1 Å². The number of amides is 1. The lowest BCUT2D eigenvalue weighted by molar-refractivity contribution is -0.142. The normalized spacial score (nSPS) is 13.9. The van der Waals surface area contributed by atoms with Crippen molar-refractivity contribution in [2.75, 3.05) is 52.4 Å². The molecule has 41 heavy (non-hydrogen) atoms. The van der Waals surface area contributed by atoms with Crippen LogP contribution < -0.4 is 15.4 Å². The number of aliphatic carboxylic acids is 1. The zero-order valence-electron chi connectivity index (χ0n) is 23.8. The number of pyridine rings is 1. The molecule has 3 N–H and O–H groups in total. The van der Waals surface area contributed by atoms with Crippen LogP contribution in [-0.2, 0) is 33.6 Å². The third kappa shape index (κ3) is 9.69. The van der Waals surface area contributed by atoms with Gasteiger partial charge in [0.15, 0.2) is 0 Å². The summed E-state index contributed by atoms with van der Waals surface area (Å²) in [6, 6.07) is 9.96. The van der Waals surface area contributed by atoms with Crippen molar-refractivity contribution in [3.63, 3.8) is 0 Å². The Kier molecular flexibility index (Phi) is 12.8. The van der Waals surface area contributed by atoms with Gasteiger partial charge in [0.1, 0.15) is 24.3 Å². The van der Waals surface area contributed by atoms with Crippen LogP contribution in [-0.4, -0.2) is 86.1 Å². The van der Waals surface area contributed by atoms with Gasteiger partial charge in [-0.15, -0.1) is 0 Å². The Labute approximate surface area is 240 Å². The van der Waals surface area contributed by atoms with Gasteiger partial charge in [-0.2, -0.15) is 5.26 Å². The molecule has 0 bridgehead atoms. The summed E-state index contributed by atoms with van der Waals surface area (Å²) in [5, 5.41) is 25.1. The van der Waals surface area contributed by atoms with E-state index in [9.17, 15) is 24.3 Å². The number of ether oxygens (including phenoxy) is 2. The molecule has 0 saturated heterocycles. The molecule has 2 atom stereocenters. The zero-order chi connectivity index (χ0) is 29.6. The number of halogens is 1. The van der Waals surface area contributed by atoms with Crippen LogP contribution in [0.2, 0.25) is 0 Å². The summed E-state index contributed by atoms with van der Waals surface area (Å²) >= 11 is 0. The molecule has 1 aromatic heterocycles. The summed E-state index contributed by atoms with van der Waals surface area (Å²) in [5.74, 6) is -0.344. The first-order chi connectivity index (χ1) is 19.9. The van der Waals surface area contributed by atoms with Crippen LogP contribution in [0.1, 0.15) is 48.1 Å². The first kappa shape index (κ1) is 31.8. The lowest BCUT2D eigenvalue weighted by Crippen LogP contribution is -2.45. The van der Waals surface area contributed by atoms with E-state index in [-0.39, 0.29) is 18.4 Å². The molecule has 0 radical (unpaired) electrons. The second-order valence-electron chi connectivity index (χ2n) is 10.1. The number of carbonyl (C=O) groups excluding carboxylic acids is 1. The Hall–Kier alpha value is -3.75. The molecule has 1 aliphatic rings. The van der Waals surface area contributed by atoms with Gasteiger partial charge >= 0.3 is 5.97 Å². The second kappa shape index (κ2) is 16.5. The second-order valence-corrected chi connectivity index (χ2v) is 10.1. The Bertz CT molecular complexity index is 1200. The smallest absolute Gasteiger partial charge is 0.326 e. The lowest BCUT2D eigenvalue weighted by atomic mass is 10.0. The number of alkyl halides is 1. The summed E-state index contributed by atoms with van der Waals surface area (Å²) in [7, 11) is 2.89. The number of benzene rings is 1. The van der Waals surface area contributed by atoms with Crippen LogP contribution in [0, 0.1) is 11.3 Å². The number of hydrogen-bond acceptors (Lipinski definition) is 8. The number of fused-ring (bicyclic) bond motifs is 1. The number of carboxylic acid groups (broad SMARTS) is 1. The topological polar surface area (TPSA) is 137 Å². The molecule has 1 aromatic carbocycles. The van der Waals surface area contributed by atoms with Crippen molar-refractivity contribution < 1.29 is 28.6 Å². The monoisotopic (exact) mass is 569 g/mol. The summed E-state index contributed by atoms with van der Waals surface area (Å²) in [6.45, 7) is 1.54. The van der Waals surface area contributed by atoms with E-state index in [0.29, 0.717) is 30.9 Å². The minimum atomic E-state index is -1.17.